The smallest absolute Gasteiger partial charge is 0.355 e. The van der Waals surface area contributed by atoms with Gasteiger partial charge in [0, 0.05) is 63.5 Å². The topological polar surface area (TPSA) is 65.5 Å². The fourth-order valence-corrected chi connectivity index (χ4v) is 5.54. The summed E-state index contributed by atoms with van der Waals surface area (Å²) < 4.78 is 39.4. The lowest BCUT2D eigenvalue weighted by Crippen LogP contribution is -2.48. The summed E-state index contributed by atoms with van der Waals surface area (Å²) in [7, 11) is 0. The van der Waals surface area contributed by atoms with Gasteiger partial charge in [-0.1, -0.05) is 13.8 Å². The first-order valence-electron chi connectivity index (χ1n) is 11.5. The predicted molar refractivity (Wildman–Crippen MR) is 112 cm³/mol. The molecule has 1 unspecified atom stereocenters. The van der Waals surface area contributed by atoms with E-state index in [1.54, 1.807) is 4.90 Å². The molecule has 176 valence electrons. The number of carbonyl (C=O) groups is 2. The van der Waals surface area contributed by atoms with Crippen LogP contribution in [-0.2, 0) is 28.7 Å². The molecule has 2 fully saturated rings. The number of hydrogen-bond acceptors (Lipinski definition) is 4. The van der Waals surface area contributed by atoms with Crippen LogP contribution in [0, 0.1) is 11.3 Å². The zero-order valence-electron chi connectivity index (χ0n) is 18.7. The highest BCUT2D eigenvalue weighted by Crippen LogP contribution is 2.48. The molecule has 1 aromatic rings. The summed E-state index contributed by atoms with van der Waals surface area (Å²) in [6.07, 6.45) is -0.252. The molecule has 0 aromatic carbocycles. The minimum absolute atomic E-state index is 0.0436. The van der Waals surface area contributed by atoms with Gasteiger partial charge in [0.15, 0.2) is 0 Å². The first-order valence-corrected chi connectivity index (χ1v) is 11.5. The van der Waals surface area contributed by atoms with E-state index < -0.39 is 17.2 Å². The lowest BCUT2D eigenvalue weighted by Gasteiger charge is -2.40. The third kappa shape index (κ3) is 4.36. The van der Waals surface area contributed by atoms with Crippen LogP contribution in [0.2, 0.25) is 0 Å². The lowest BCUT2D eigenvalue weighted by molar-refractivity contribution is -0.146. The van der Waals surface area contributed by atoms with Crippen LogP contribution in [0.4, 0.5) is 13.2 Å². The number of aromatic nitrogens is 1. The molecule has 0 spiro atoms. The van der Waals surface area contributed by atoms with Gasteiger partial charge in [0.1, 0.15) is 0 Å². The Morgan fingerprint density at radius 1 is 1.25 bits per heavy atom. The number of amides is 2. The molecule has 1 N–H and O–H groups in total. The molecule has 6 nitrogen and oxygen atoms in total. The van der Waals surface area contributed by atoms with Crippen LogP contribution in [0.25, 0.3) is 0 Å². The number of alkyl halides is 3. The minimum atomic E-state index is -4.45. The Hall–Kier alpha value is -2.16. The van der Waals surface area contributed by atoms with Crippen LogP contribution in [0.3, 0.4) is 0 Å². The molecule has 3 aliphatic rings. The van der Waals surface area contributed by atoms with E-state index in [0.29, 0.717) is 43.7 Å². The summed E-state index contributed by atoms with van der Waals surface area (Å²) in [5.74, 6) is 0.227. The van der Waals surface area contributed by atoms with Crippen LogP contribution in [0.1, 0.15) is 56.4 Å². The Kier molecular flexibility index (Phi) is 6.22. The number of hydrogen-bond donors (Lipinski definition) is 1. The highest BCUT2D eigenvalue weighted by Gasteiger charge is 2.50. The largest absolute Gasteiger partial charge is 0.417 e. The van der Waals surface area contributed by atoms with Crippen LogP contribution < -0.4 is 5.32 Å². The van der Waals surface area contributed by atoms with Gasteiger partial charge in [-0.05, 0) is 36.8 Å². The third-order valence-corrected chi connectivity index (χ3v) is 7.57. The molecule has 1 saturated carbocycles. The van der Waals surface area contributed by atoms with Crippen molar-refractivity contribution in [3.05, 3.63) is 29.1 Å². The van der Waals surface area contributed by atoms with Gasteiger partial charge in [0.25, 0.3) is 0 Å². The van der Waals surface area contributed by atoms with Crippen molar-refractivity contribution >= 4 is 11.8 Å². The van der Waals surface area contributed by atoms with E-state index in [1.165, 1.54) is 0 Å². The Morgan fingerprint density at radius 2 is 2.03 bits per heavy atom. The molecule has 9 heteroatoms. The first kappa shape index (κ1) is 23.0. The van der Waals surface area contributed by atoms with E-state index in [-0.39, 0.29) is 30.3 Å². The van der Waals surface area contributed by atoms with Gasteiger partial charge >= 0.3 is 6.18 Å². The van der Waals surface area contributed by atoms with E-state index in [1.807, 2.05) is 0 Å². The maximum Gasteiger partial charge on any atom is 0.417 e. The molecule has 2 amide bonds. The van der Waals surface area contributed by atoms with Crippen molar-refractivity contribution in [2.24, 2.45) is 11.3 Å². The van der Waals surface area contributed by atoms with E-state index in [4.69, 9.17) is 0 Å². The second-order valence-corrected chi connectivity index (χ2v) is 9.65. The summed E-state index contributed by atoms with van der Waals surface area (Å²) >= 11 is 0. The van der Waals surface area contributed by atoms with Crippen LogP contribution in [0.15, 0.2) is 12.3 Å². The second-order valence-electron chi connectivity index (χ2n) is 9.65. The van der Waals surface area contributed by atoms with Crippen molar-refractivity contribution in [1.29, 1.82) is 0 Å². The molecule has 4 rings (SSSR count). The second kappa shape index (κ2) is 8.65. The average molecular weight is 453 g/mol. The van der Waals surface area contributed by atoms with Crippen molar-refractivity contribution < 1.29 is 22.8 Å². The van der Waals surface area contributed by atoms with Gasteiger partial charge in [-0.3, -0.25) is 19.5 Å². The molecule has 2 aliphatic heterocycles. The standard InChI is InChI=1S/C23H31F3N4O2/c1-15(2)22(6-3-18(12-22)29-9-5-20(31)27-7-10-29)21(32)30-8-4-19-16(14-30)11-17(13-28-19)23(24,25)26/h11,13,15,18H,3-10,12,14H2,1-2H3,(H,27,31)/t18?,22-/m0/s1. The molecular formula is C23H31F3N4O2. The van der Waals surface area contributed by atoms with E-state index in [9.17, 15) is 22.8 Å². The molecule has 0 radical (unpaired) electrons. The van der Waals surface area contributed by atoms with Gasteiger partial charge in [0.2, 0.25) is 11.8 Å². The summed E-state index contributed by atoms with van der Waals surface area (Å²) in [6, 6.07) is 1.38. The quantitative estimate of drug-likeness (QED) is 0.766. The number of fused-ring (bicyclic) bond motifs is 1. The summed E-state index contributed by atoms with van der Waals surface area (Å²) in [6.45, 7) is 6.88. The highest BCUT2D eigenvalue weighted by atomic mass is 19.4. The zero-order valence-corrected chi connectivity index (χ0v) is 18.7. The normalized spacial score (nSPS) is 27.2. The van der Waals surface area contributed by atoms with Gasteiger partial charge in [-0.25, -0.2) is 0 Å². The third-order valence-electron chi connectivity index (χ3n) is 7.57. The van der Waals surface area contributed by atoms with Crippen molar-refractivity contribution in [1.82, 2.24) is 20.1 Å². The molecule has 1 saturated heterocycles. The predicted octanol–water partition coefficient (Wildman–Crippen LogP) is 3.00. The first-order chi connectivity index (χ1) is 15.1. The molecule has 0 bridgehead atoms. The van der Waals surface area contributed by atoms with E-state index in [0.717, 1.165) is 38.1 Å². The summed E-state index contributed by atoms with van der Waals surface area (Å²) in [5.41, 5.74) is -0.160. The monoisotopic (exact) mass is 452 g/mol. The lowest BCUT2D eigenvalue weighted by atomic mass is 9.74. The molecule has 1 aromatic heterocycles. The molecule has 3 heterocycles. The summed E-state index contributed by atoms with van der Waals surface area (Å²) in [4.78, 5) is 33.6. The Morgan fingerprint density at radius 3 is 2.75 bits per heavy atom. The maximum atomic E-state index is 13.8. The van der Waals surface area contributed by atoms with Crippen molar-refractivity contribution in [2.75, 3.05) is 26.2 Å². The Labute approximate surface area is 186 Å². The minimum Gasteiger partial charge on any atom is -0.355 e. The summed E-state index contributed by atoms with van der Waals surface area (Å²) in [5, 5.41) is 2.90. The van der Waals surface area contributed by atoms with Gasteiger partial charge < -0.3 is 10.2 Å². The van der Waals surface area contributed by atoms with Crippen LogP contribution in [0.5, 0.6) is 0 Å². The fourth-order valence-electron chi connectivity index (χ4n) is 5.54. The van der Waals surface area contributed by atoms with Crippen molar-refractivity contribution in [3.8, 4) is 0 Å². The molecular weight excluding hydrogens is 421 g/mol. The Bertz CT molecular complexity index is 888. The van der Waals surface area contributed by atoms with Crippen LogP contribution >= 0.6 is 0 Å². The van der Waals surface area contributed by atoms with Gasteiger partial charge in [0.05, 0.1) is 11.0 Å². The number of nitrogens with one attached hydrogen (secondary N) is 1. The maximum absolute atomic E-state index is 13.8. The number of carbonyl (C=O) groups excluding carboxylic acids is 2. The van der Waals surface area contributed by atoms with Crippen molar-refractivity contribution in [3.63, 3.8) is 0 Å². The number of halogens is 3. The van der Waals surface area contributed by atoms with Crippen LogP contribution in [-0.4, -0.2) is 58.8 Å². The number of pyridine rings is 1. The SMILES string of the molecule is CC(C)[C@]1(C(=O)N2CCc3ncc(C(F)(F)F)cc3C2)CCC(N2CCNC(=O)CC2)C1. The molecule has 32 heavy (non-hydrogen) atoms. The fraction of sp³-hybridized carbons (Fsp3) is 0.696. The highest BCUT2D eigenvalue weighted by molar-refractivity contribution is 5.84. The van der Waals surface area contributed by atoms with Crippen molar-refractivity contribution in [2.45, 2.75) is 64.7 Å². The molecule has 2 atom stereocenters. The number of rotatable bonds is 3. The van der Waals surface area contributed by atoms with E-state index >= 15 is 0 Å². The number of nitrogens with zero attached hydrogens (tertiary/aromatic N) is 3. The average Bonchev–Trinajstić information content (AvgIpc) is 3.10. The van der Waals surface area contributed by atoms with Gasteiger partial charge in [-0.15, -0.1) is 0 Å². The molecule has 1 aliphatic carbocycles. The van der Waals surface area contributed by atoms with Gasteiger partial charge in [-0.2, -0.15) is 13.2 Å². The van der Waals surface area contributed by atoms with E-state index in [2.05, 4.69) is 29.0 Å². The Balaban J connectivity index is 1.51. The zero-order chi connectivity index (χ0) is 23.1.